The van der Waals surface area contributed by atoms with E-state index in [9.17, 15) is 14.4 Å². The van der Waals surface area contributed by atoms with Crippen LogP contribution in [0.15, 0.2) is 97.2 Å². The maximum absolute atomic E-state index is 12.8. The summed E-state index contributed by atoms with van der Waals surface area (Å²) < 4.78 is 16.7. The van der Waals surface area contributed by atoms with Gasteiger partial charge >= 0.3 is 17.9 Å². The van der Waals surface area contributed by atoms with E-state index >= 15 is 0 Å². The molecule has 6 nitrogen and oxygen atoms in total. The van der Waals surface area contributed by atoms with Crippen molar-refractivity contribution < 1.29 is 28.6 Å². The van der Waals surface area contributed by atoms with Gasteiger partial charge in [-0.3, -0.25) is 14.4 Å². The molecule has 0 aromatic heterocycles. The molecule has 0 heterocycles. The predicted molar refractivity (Wildman–Crippen MR) is 270 cm³/mol. The van der Waals surface area contributed by atoms with Gasteiger partial charge in [-0.25, -0.2) is 0 Å². The van der Waals surface area contributed by atoms with Crippen molar-refractivity contribution in [3.8, 4) is 0 Å². The number of allylic oxidation sites excluding steroid dienone is 16. The Hall–Kier alpha value is -3.67. The molecular weight excluding hydrogens is 781 g/mol. The summed E-state index contributed by atoms with van der Waals surface area (Å²) in [6, 6.07) is 0. The molecule has 0 bridgehead atoms. The van der Waals surface area contributed by atoms with Crippen molar-refractivity contribution in [1.29, 1.82) is 0 Å². The van der Waals surface area contributed by atoms with E-state index in [4.69, 9.17) is 14.2 Å². The van der Waals surface area contributed by atoms with Crippen LogP contribution < -0.4 is 0 Å². The Morgan fingerprint density at radius 2 is 0.667 bits per heavy atom. The molecule has 0 saturated carbocycles. The molecule has 0 unspecified atom stereocenters. The highest BCUT2D eigenvalue weighted by molar-refractivity contribution is 5.71. The summed E-state index contributed by atoms with van der Waals surface area (Å²) >= 11 is 0. The lowest BCUT2D eigenvalue weighted by atomic mass is 10.1. The third-order valence-corrected chi connectivity index (χ3v) is 10.6. The summed E-state index contributed by atoms with van der Waals surface area (Å²) in [5, 5.41) is 0. The number of hydrogen-bond acceptors (Lipinski definition) is 6. The lowest BCUT2D eigenvalue weighted by molar-refractivity contribution is -0.166. The molecule has 0 aromatic rings. The first-order valence-corrected chi connectivity index (χ1v) is 25.7. The maximum Gasteiger partial charge on any atom is 0.306 e. The fourth-order valence-corrected chi connectivity index (χ4v) is 6.68. The van der Waals surface area contributed by atoms with Crippen molar-refractivity contribution in [3.05, 3.63) is 97.2 Å². The van der Waals surface area contributed by atoms with Crippen LogP contribution in [0.1, 0.15) is 226 Å². The monoisotopic (exact) mass is 875 g/mol. The Morgan fingerprint density at radius 3 is 1.11 bits per heavy atom. The fraction of sp³-hybridized carbons (Fsp3) is 0.667. The first-order chi connectivity index (χ1) is 31.0. The fourth-order valence-electron chi connectivity index (χ4n) is 6.68. The minimum absolute atomic E-state index is 0.109. The number of esters is 3. The number of rotatable bonds is 45. The molecule has 0 aliphatic rings. The normalized spacial score (nSPS) is 12.9. The highest BCUT2D eigenvalue weighted by Crippen LogP contribution is 2.13. The number of hydrogen-bond donors (Lipinski definition) is 0. The molecule has 0 saturated heterocycles. The van der Waals surface area contributed by atoms with Gasteiger partial charge < -0.3 is 14.2 Å². The molecule has 0 amide bonds. The molecule has 358 valence electrons. The van der Waals surface area contributed by atoms with Crippen LogP contribution in [-0.2, 0) is 28.6 Å². The second-order valence-corrected chi connectivity index (χ2v) is 16.7. The molecule has 0 radical (unpaired) electrons. The van der Waals surface area contributed by atoms with E-state index in [1.165, 1.54) is 77.0 Å². The van der Waals surface area contributed by atoms with Crippen LogP contribution in [0.2, 0.25) is 0 Å². The molecule has 0 aromatic carbocycles. The van der Waals surface area contributed by atoms with Gasteiger partial charge in [0.1, 0.15) is 13.2 Å². The number of ether oxygens (including phenoxy) is 3. The molecule has 0 aliphatic carbocycles. The second-order valence-electron chi connectivity index (χ2n) is 16.7. The van der Waals surface area contributed by atoms with Crippen LogP contribution in [0.4, 0.5) is 0 Å². The van der Waals surface area contributed by atoms with E-state index in [1.54, 1.807) is 0 Å². The van der Waals surface area contributed by atoms with Crippen LogP contribution in [0, 0.1) is 0 Å². The van der Waals surface area contributed by atoms with E-state index < -0.39 is 6.10 Å². The smallest absolute Gasteiger partial charge is 0.306 e. The van der Waals surface area contributed by atoms with Crippen molar-refractivity contribution in [1.82, 2.24) is 0 Å². The van der Waals surface area contributed by atoms with Crippen LogP contribution >= 0.6 is 0 Å². The average molecular weight is 875 g/mol. The van der Waals surface area contributed by atoms with Gasteiger partial charge in [0.15, 0.2) is 6.10 Å². The third kappa shape index (κ3) is 49.2. The zero-order valence-corrected chi connectivity index (χ0v) is 40.8. The number of unbranched alkanes of at least 4 members (excludes halogenated alkanes) is 18. The SMILES string of the molecule is CC/C=C\C/C=C\C/C=C\C/C=C\C/C=C\C/C=C\CCC(=O)OC[C@@H](COC(=O)CCCCCCC/C=C\CCCC)OC(=O)CCCCCCC/C=C\CCCCCCCC. The molecule has 0 N–H and O–H groups in total. The van der Waals surface area contributed by atoms with Crippen molar-refractivity contribution >= 4 is 17.9 Å². The van der Waals surface area contributed by atoms with Crippen LogP contribution in [0.5, 0.6) is 0 Å². The first kappa shape index (κ1) is 59.3. The van der Waals surface area contributed by atoms with Crippen LogP contribution in [-0.4, -0.2) is 37.2 Å². The number of carbonyl (C=O) groups is 3. The summed E-state index contributed by atoms with van der Waals surface area (Å²) in [6.07, 6.45) is 66.9. The average Bonchev–Trinajstić information content (AvgIpc) is 3.28. The Labute approximate surface area is 387 Å². The summed E-state index contributed by atoms with van der Waals surface area (Å²) in [6.45, 7) is 6.39. The Kier molecular flexibility index (Phi) is 48.0. The largest absolute Gasteiger partial charge is 0.462 e. The van der Waals surface area contributed by atoms with Crippen molar-refractivity contribution in [2.45, 2.75) is 232 Å². The third-order valence-electron chi connectivity index (χ3n) is 10.6. The van der Waals surface area contributed by atoms with Crippen molar-refractivity contribution in [2.75, 3.05) is 13.2 Å². The quantitative estimate of drug-likeness (QED) is 0.0262. The molecule has 63 heavy (non-hydrogen) atoms. The molecule has 0 fully saturated rings. The summed E-state index contributed by atoms with van der Waals surface area (Å²) in [7, 11) is 0. The minimum atomic E-state index is -0.815. The lowest BCUT2D eigenvalue weighted by Gasteiger charge is -2.18. The van der Waals surface area contributed by atoms with E-state index in [0.717, 1.165) is 103 Å². The molecule has 0 spiro atoms. The van der Waals surface area contributed by atoms with Crippen molar-refractivity contribution in [3.63, 3.8) is 0 Å². The van der Waals surface area contributed by atoms with Crippen LogP contribution in [0.25, 0.3) is 0 Å². The van der Waals surface area contributed by atoms with Gasteiger partial charge in [-0.1, -0.05) is 201 Å². The van der Waals surface area contributed by atoms with E-state index in [-0.39, 0.29) is 37.5 Å². The molecule has 6 heteroatoms. The standard InChI is InChI=1S/C57H94O6/c1-4-7-10-13-16-19-22-24-26-27-28-29-31-32-35-38-41-44-47-50-56(59)62-53-54(52-61-55(58)49-46-43-40-37-34-21-18-15-12-9-6-3)63-57(60)51-48-45-42-39-36-33-30-25-23-20-17-14-11-8-5-2/h7,10,15-16,18-19,24-26,28-30,32,35,41,44,54H,4-6,8-9,11-14,17,20-23,27,31,33-34,36-40,42-43,45-53H2,1-3H3/b10-7-,18-15-,19-16-,26-24-,29-28-,30-25-,35-32-,44-41-/t54-/m1/s1. The Balaban J connectivity index is 4.51. The molecule has 0 rings (SSSR count). The lowest BCUT2D eigenvalue weighted by Crippen LogP contribution is -2.30. The molecule has 0 aliphatic heterocycles. The Morgan fingerprint density at radius 1 is 0.333 bits per heavy atom. The number of carbonyl (C=O) groups excluding carboxylic acids is 3. The summed E-state index contributed by atoms with van der Waals surface area (Å²) in [4.78, 5) is 37.9. The van der Waals surface area contributed by atoms with Gasteiger partial charge in [-0.05, 0) is 103 Å². The second kappa shape index (κ2) is 51.0. The highest BCUT2D eigenvalue weighted by atomic mass is 16.6. The van der Waals surface area contributed by atoms with Gasteiger partial charge in [0, 0.05) is 19.3 Å². The van der Waals surface area contributed by atoms with Gasteiger partial charge in [0.05, 0.1) is 0 Å². The van der Waals surface area contributed by atoms with Gasteiger partial charge in [0.25, 0.3) is 0 Å². The molecular formula is C57H94O6. The first-order valence-electron chi connectivity index (χ1n) is 25.7. The summed E-state index contributed by atoms with van der Waals surface area (Å²) in [5.41, 5.74) is 0. The van der Waals surface area contributed by atoms with E-state index in [2.05, 4.69) is 106 Å². The Bertz CT molecular complexity index is 1280. The van der Waals surface area contributed by atoms with Gasteiger partial charge in [-0.2, -0.15) is 0 Å². The maximum atomic E-state index is 12.8. The van der Waals surface area contributed by atoms with E-state index in [0.29, 0.717) is 19.3 Å². The van der Waals surface area contributed by atoms with Gasteiger partial charge in [-0.15, -0.1) is 0 Å². The zero-order chi connectivity index (χ0) is 45.8. The summed E-state index contributed by atoms with van der Waals surface area (Å²) in [5.74, 6) is -1.02. The molecule has 1 atom stereocenters. The predicted octanol–water partition coefficient (Wildman–Crippen LogP) is 17.0. The van der Waals surface area contributed by atoms with Gasteiger partial charge in [0.2, 0.25) is 0 Å². The van der Waals surface area contributed by atoms with E-state index in [1.807, 2.05) is 12.2 Å². The topological polar surface area (TPSA) is 78.9 Å². The highest BCUT2D eigenvalue weighted by Gasteiger charge is 2.19. The van der Waals surface area contributed by atoms with Crippen LogP contribution in [0.3, 0.4) is 0 Å². The van der Waals surface area contributed by atoms with Crippen molar-refractivity contribution in [2.24, 2.45) is 0 Å². The minimum Gasteiger partial charge on any atom is -0.462 e. The zero-order valence-electron chi connectivity index (χ0n) is 40.8.